The van der Waals surface area contributed by atoms with E-state index in [1.807, 2.05) is 41.9 Å². The zero-order chi connectivity index (χ0) is 15.0. The molecule has 21 heavy (non-hydrogen) atoms. The Hall–Kier alpha value is -2.49. The minimum atomic E-state index is 0.426. The van der Waals surface area contributed by atoms with Crippen LogP contribution in [0.2, 0.25) is 0 Å². The van der Waals surface area contributed by atoms with Crippen molar-refractivity contribution in [2.24, 2.45) is 7.05 Å². The fourth-order valence-corrected chi connectivity index (χ4v) is 2.44. The fraction of sp³-hybridized carbons (Fsp3) is 0.235. The highest BCUT2D eigenvalue weighted by atomic mass is 16.5. The summed E-state index contributed by atoms with van der Waals surface area (Å²) in [6.45, 7) is 4.57. The number of benzene rings is 2. The number of fused-ring (bicyclic) bond motifs is 1. The molecular weight excluding hydrogens is 262 g/mol. The van der Waals surface area contributed by atoms with E-state index in [-0.39, 0.29) is 0 Å². The molecule has 0 amide bonds. The van der Waals surface area contributed by atoms with Crippen molar-refractivity contribution in [3.8, 4) is 5.75 Å². The van der Waals surface area contributed by atoms with Crippen LogP contribution in [0.5, 0.6) is 5.75 Å². The van der Waals surface area contributed by atoms with Gasteiger partial charge in [-0.1, -0.05) is 18.2 Å². The van der Waals surface area contributed by atoms with Gasteiger partial charge in [-0.05, 0) is 43.2 Å². The van der Waals surface area contributed by atoms with Crippen molar-refractivity contribution in [1.82, 2.24) is 9.55 Å². The van der Waals surface area contributed by atoms with E-state index in [0.29, 0.717) is 12.3 Å². The Morgan fingerprint density at radius 3 is 2.67 bits per heavy atom. The maximum Gasteiger partial charge on any atom is 0.147 e. The van der Waals surface area contributed by atoms with Crippen LogP contribution in [-0.2, 0) is 13.7 Å². The summed E-state index contributed by atoms with van der Waals surface area (Å²) in [7, 11) is 1.98. The number of nitrogens with two attached hydrogens (primary N) is 1. The second kappa shape index (κ2) is 5.13. The van der Waals surface area contributed by atoms with Crippen molar-refractivity contribution in [3.05, 3.63) is 53.3 Å². The summed E-state index contributed by atoms with van der Waals surface area (Å²) < 4.78 is 7.95. The zero-order valence-electron chi connectivity index (χ0n) is 12.6. The predicted molar refractivity (Wildman–Crippen MR) is 85.4 cm³/mol. The second-order valence-electron chi connectivity index (χ2n) is 5.29. The maximum absolute atomic E-state index is 5.97. The van der Waals surface area contributed by atoms with Crippen molar-refractivity contribution in [2.75, 3.05) is 5.73 Å². The quantitative estimate of drug-likeness (QED) is 0.749. The molecule has 1 heterocycles. The third-order valence-electron chi connectivity index (χ3n) is 3.95. The minimum absolute atomic E-state index is 0.426. The molecule has 2 N–H and O–H groups in total. The molecule has 0 aliphatic rings. The number of ether oxygens (including phenoxy) is 1. The van der Waals surface area contributed by atoms with E-state index in [0.717, 1.165) is 28.2 Å². The zero-order valence-corrected chi connectivity index (χ0v) is 12.6. The molecule has 0 unspecified atom stereocenters. The summed E-state index contributed by atoms with van der Waals surface area (Å²) in [5.74, 6) is 1.76. The second-order valence-corrected chi connectivity index (χ2v) is 5.29. The number of aromatic nitrogens is 2. The highest BCUT2D eigenvalue weighted by Gasteiger charge is 2.11. The van der Waals surface area contributed by atoms with Crippen LogP contribution in [0.25, 0.3) is 11.0 Å². The number of hydrogen-bond acceptors (Lipinski definition) is 3. The van der Waals surface area contributed by atoms with Crippen LogP contribution in [0, 0.1) is 13.8 Å². The normalized spacial score (nSPS) is 11.0. The van der Waals surface area contributed by atoms with Gasteiger partial charge in [0.15, 0.2) is 0 Å². The van der Waals surface area contributed by atoms with Crippen LogP contribution in [0.15, 0.2) is 36.4 Å². The molecule has 108 valence electrons. The molecule has 3 rings (SSSR count). The summed E-state index contributed by atoms with van der Waals surface area (Å²) in [4.78, 5) is 4.59. The molecule has 0 fully saturated rings. The van der Waals surface area contributed by atoms with Crippen molar-refractivity contribution < 1.29 is 4.74 Å². The van der Waals surface area contributed by atoms with Crippen LogP contribution in [-0.4, -0.2) is 9.55 Å². The van der Waals surface area contributed by atoms with Gasteiger partial charge < -0.3 is 15.0 Å². The van der Waals surface area contributed by atoms with Gasteiger partial charge in [0.05, 0.1) is 11.2 Å². The third kappa shape index (κ3) is 2.33. The number of imidazole rings is 1. The van der Waals surface area contributed by atoms with Crippen LogP contribution in [0.1, 0.15) is 17.0 Å². The van der Waals surface area contributed by atoms with Gasteiger partial charge in [0.2, 0.25) is 0 Å². The first-order valence-electron chi connectivity index (χ1n) is 6.96. The van der Waals surface area contributed by atoms with Crippen LogP contribution in [0.4, 0.5) is 5.69 Å². The van der Waals surface area contributed by atoms with E-state index in [9.17, 15) is 0 Å². The van der Waals surface area contributed by atoms with Crippen LogP contribution < -0.4 is 10.5 Å². The van der Waals surface area contributed by atoms with Crippen molar-refractivity contribution >= 4 is 16.7 Å². The predicted octanol–water partition coefficient (Wildman–Crippen LogP) is 3.35. The summed E-state index contributed by atoms with van der Waals surface area (Å²) in [6, 6.07) is 11.9. The van der Waals surface area contributed by atoms with E-state index < -0.39 is 0 Å². The first kappa shape index (κ1) is 13.5. The Bertz CT molecular complexity index is 805. The minimum Gasteiger partial charge on any atom is -0.485 e. The van der Waals surface area contributed by atoms with Crippen molar-refractivity contribution in [2.45, 2.75) is 20.5 Å². The average Bonchev–Trinajstić information content (AvgIpc) is 2.79. The Morgan fingerprint density at radius 1 is 1.14 bits per heavy atom. The highest BCUT2D eigenvalue weighted by molar-refractivity contribution is 5.87. The van der Waals surface area contributed by atoms with Gasteiger partial charge in [0.25, 0.3) is 0 Å². The Morgan fingerprint density at radius 2 is 1.90 bits per heavy atom. The number of nitrogens with zero attached hydrogens (tertiary/aromatic N) is 2. The highest BCUT2D eigenvalue weighted by Crippen LogP contribution is 2.24. The summed E-state index contributed by atoms with van der Waals surface area (Å²) in [6.07, 6.45) is 0. The number of hydrogen-bond donors (Lipinski definition) is 1. The Kier molecular flexibility index (Phi) is 3.29. The number of anilines is 1. The van der Waals surface area contributed by atoms with Gasteiger partial charge >= 0.3 is 0 Å². The molecule has 0 aliphatic heterocycles. The largest absolute Gasteiger partial charge is 0.485 e. The Labute approximate surface area is 124 Å². The molecule has 4 heteroatoms. The van der Waals surface area contributed by atoms with Gasteiger partial charge in [-0.2, -0.15) is 0 Å². The van der Waals surface area contributed by atoms with E-state index in [1.165, 1.54) is 5.56 Å². The van der Waals surface area contributed by atoms with E-state index >= 15 is 0 Å². The molecule has 0 saturated heterocycles. The Balaban J connectivity index is 1.90. The average molecular weight is 281 g/mol. The van der Waals surface area contributed by atoms with Crippen LogP contribution in [0.3, 0.4) is 0 Å². The van der Waals surface area contributed by atoms with Crippen LogP contribution >= 0.6 is 0 Å². The molecule has 2 aromatic carbocycles. The number of para-hydroxylation sites is 1. The number of rotatable bonds is 3. The molecule has 0 radical (unpaired) electrons. The molecule has 0 bridgehead atoms. The van der Waals surface area contributed by atoms with Crippen molar-refractivity contribution in [3.63, 3.8) is 0 Å². The fourth-order valence-electron chi connectivity index (χ4n) is 2.44. The van der Waals surface area contributed by atoms with Crippen molar-refractivity contribution in [1.29, 1.82) is 0 Å². The van der Waals surface area contributed by atoms with Gasteiger partial charge in [-0.3, -0.25) is 0 Å². The molecule has 0 aliphatic carbocycles. The lowest BCUT2D eigenvalue weighted by molar-refractivity contribution is 0.290. The monoisotopic (exact) mass is 281 g/mol. The summed E-state index contributed by atoms with van der Waals surface area (Å²) in [5.41, 5.74) is 10.9. The van der Waals surface area contributed by atoms with E-state index in [2.05, 4.69) is 24.9 Å². The third-order valence-corrected chi connectivity index (χ3v) is 3.95. The van der Waals surface area contributed by atoms with E-state index in [4.69, 9.17) is 10.5 Å². The van der Waals surface area contributed by atoms with Gasteiger partial charge in [-0.25, -0.2) is 4.98 Å². The molecule has 0 saturated carbocycles. The molecule has 3 aromatic rings. The standard InChI is InChI=1S/C17H19N3O/c1-11-6-4-9-15(12(11)2)21-10-16-19-17-13(18)7-5-8-14(17)20(16)3/h4-9H,10,18H2,1-3H3. The molecule has 0 atom stereocenters. The lowest BCUT2D eigenvalue weighted by Crippen LogP contribution is -2.04. The smallest absolute Gasteiger partial charge is 0.147 e. The molecule has 1 aromatic heterocycles. The lowest BCUT2D eigenvalue weighted by Gasteiger charge is -2.10. The SMILES string of the molecule is Cc1cccc(OCc2nc3c(N)cccc3n2C)c1C. The maximum atomic E-state index is 5.97. The molecular formula is C17H19N3O. The lowest BCUT2D eigenvalue weighted by atomic mass is 10.1. The molecule has 4 nitrogen and oxygen atoms in total. The van der Waals surface area contributed by atoms with Gasteiger partial charge in [0.1, 0.15) is 23.7 Å². The van der Waals surface area contributed by atoms with Gasteiger partial charge in [-0.15, -0.1) is 0 Å². The number of nitrogen functional groups attached to an aromatic ring is 1. The topological polar surface area (TPSA) is 53.1 Å². The van der Waals surface area contributed by atoms with E-state index in [1.54, 1.807) is 0 Å². The first-order chi connectivity index (χ1) is 10.1. The summed E-state index contributed by atoms with van der Waals surface area (Å²) in [5, 5.41) is 0. The van der Waals surface area contributed by atoms with Gasteiger partial charge in [0, 0.05) is 7.05 Å². The first-order valence-corrected chi connectivity index (χ1v) is 6.96. The summed E-state index contributed by atoms with van der Waals surface area (Å²) >= 11 is 0. The number of aryl methyl sites for hydroxylation is 2. The molecule has 0 spiro atoms.